The number of nitrogens with one attached hydrogen (secondary N) is 1. The van der Waals surface area contributed by atoms with Crippen LogP contribution in [0.15, 0.2) is 53.9 Å². The zero-order valence-corrected chi connectivity index (χ0v) is 15.7. The quantitative estimate of drug-likeness (QED) is 0.436. The highest BCUT2D eigenvalue weighted by molar-refractivity contribution is 7.21. The maximum Gasteiger partial charge on any atom is 0.417 e. The zero-order chi connectivity index (χ0) is 19.9. The lowest BCUT2D eigenvalue weighted by Gasteiger charge is -2.10. The highest BCUT2D eigenvalue weighted by Crippen LogP contribution is 2.44. The van der Waals surface area contributed by atoms with E-state index in [1.54, 1.807) is 47.8 Å². The fourth-order valence-corrected chi connectivity index (χ4v) is 4.47. The molecule has 1 amide bonds. The van der Waals surface area contributed by atoms with Crippen molar-refractivity contribution in [3.8, 4) is 10.6 Å². The van der Waals surface area contributed by atoms with Crippen LogP contribution in [-0.4, -0.2) is 10.9 Å². The molecule has 0 bridgehead atoms. The number of anilines is 2. The third-order valence-corrected chi connectivity index (χ3v) is 6.01. The second-order valence-corrected chi connectivity index (χ2v) is 7.82. The Balaban J connectivity index is 1.86. The molecule has 3 aromatic heterocycles. The van der Waals surface area contributed by atoms with Crippen molar-refractivity contribution in [2.75, 3.05) is 11.1 Å². The molecule has 0 unspecified atom stereocenters. The number of amides is 1. The van der Waals surface area contributed by atoms with Crippen molar-refractivity contribution in [3.63, 3.8) is 0 Å². The first-order valence-electron chi connectivity index (χ1n) is 8.05. The molecule has 0 aliphatic rings. The number of pyridine rings is 1. The van der Waals surface area contributed by atoms with E-state index in [9.17, 15) is 18.0 Å². The molecule has 9 heteroatoms. The van der Waals surface area contributed by atoms with Gasteiger partial charge in [0.25, 0.3) is 5.91 Å². The number of carbonyl (C=O) groups is 1. The van der Waals surface area contributed by atoms with E-state index < -0.39 is 17.6 Å². The van der Waals surface area contributed by atoms with Crippen molar-refractivity contribution < 1.29 is 18.0 Å². The van der Waals surface area contributed by atoms with Gasteiger partial charge in [-0.2, -0.15) is 13.2 Å². The van der Waals surface area contributed by atoms with E-state index in [2.05, 4.69) is 10.3 Å². The largest absolute Gasteiger partial charge is 0.417 e. The molecular weight excluding hydrogens is 407 g/mol. The molecule has 0 saturated carbocycles. The van der Waals surface area contributed by atoms with Crippen LogP contribution in [0.3, 0.4) is 0 Å². The summed E-state index contributed by atoms with van der Waals surface area (Å²) in [4.78, 5) is 17.6. The van der Waals surface area contributed by atoms with E-state index in [4.69, 9.17) is 5.73 Å². The van der Waals surface area contributed by atoms with Gasteiger partial charge in [-0.15, -0.1) is 22.7 Å². The number of nitrogens with two attached hydrogens (primary N) is 1. The molecule has 4 rings (SSSR count). The first kappa shape index (κ1) is 18.5. The number of hydrogen-bond acceptors (Lipinski definition) is 5. The third kappa shape index (κ3) is 3.34. The number of benzene rings is 1. The Morgan fingerprint density at radius 2 is 1.86 bits per heavy atom. The highest BCUT2D eigenvalue weighted by Gasteiger charge is 2.36. The number of halogens is 3. The molecule has 0 aliphatic carbocycles. The fourth-order valence-electron chi connectivity index (χ4n) is 2.77. The van der Waals surface area contributed by atoms with Gasteiger partial charge in [-0.1, -0.05) is 24.3 Å². The first-order chi connectivity index (χ1) is 13.3. The van der Waals surface area contributed by atoms with Crippen molar-refractivity contribution in [1.82, 2.24) is 4.98 Å². The van der Waals surface area contributed by atoms with E-state index in [-0.39, 0.29) is 26.5 Å². The zero-order valence-electron chi connectivity index (χ0n) is 14.1. The topological polar surface area (TPSA) is 68.0 Å². The summed E-state index contributed by atoms with van der Waals surface area (Å²) in [6.07, 6.45) is -4.63. The van der Waals surface area contributed by atoms with Crippen LogP contribution in [0.5, 0.6) is 0 Å². The Kier molecular flexibility index (Phi) is 4.56. The lowest BCUT2D eigenvalue weighted by molar-refractivity contribution is -0.136. The Morgan fingerprint density at radius 1 is 1.11 bits per heavy atom. The van der Waals surface area contributed by atoms with E-state index >= 15 is 0 Å². The second-order valence-electron chi connectivity index (χ2n) is 5.88. The molecule has 0 spiro atoms. The van der Waals surface area contributed by atoms with Crippen molar-refractivity contribution in [2.45, 2.75) is 6.18 Å². The lowest BCUT2D eigenvalue weighted by atomic mass is 10.1. The van der Waals surface area contributed by atoms with Crippen LogP contribution in [0.25, 0.3) is 20.8 Å². The summed E-state index contributed by atoms with van der Waals surface area (Å²) in [6, 6.07) is 13.0. The maximum atomic E-state index is 13.7. The molecule has 0 atom stereocenters. The minimum Gasteiger partial charge on any atom is -0.397 e. The van der Waals surface area contributed by atoms with Crippen LogP contribution in [-0.2, 0) is 6.18 Å². The summed E-state index contributed by atoms with van der Waals surface area (Å²) in [5.74, 6) is -0.572. The average molecular weight is 419 g/mol. The van der Waals surface area contributed by atoms with E-state index in [1.165, 1.54) is 11.3 Å². The van der Waals surface area contributed by atoms with E-state index in [0.29, 0.717) is 10.6 Å². The Hall–Kier alpha value is -2.91. The Morgan fingerprint density at radius 3 is 2.50 bits per heavy atom. The van der Waals surface area contributed by atoms with Gasteiger partial charge in [0.1, 0.15) is 9.71 Å². The number of nitrogens with zero attached hydrogens (tertiary/aromatic N) is 1. The molecule has 0 radical (unpaired) electrons. The molecule has 4 nitrogen and oxygen atoms in total. The molecule has 3 heterocycles. The van der Waals surface area contributed by atoms with Gasteiger partial charge in [-0.05, 0) is 29.6 Å². The average Bonchev–Trinajstić information content (AvgIpc) is 3.29. The maximum absolute atomic E-state index is 13.7. The minimum atomic E-state index is -4.63. The summed E-state index contributed by atoms with van der Waals surface area (Å²) in [5.41, 5.74) is 5.58. The smallest absolute Gasteiger partial charge is 0.397 e. The molecular formula is C19H12F3N3OS2. The normalized spacial score (nSPS) is 11.7. The number of aromatic nitrogens is 1. The van der Waals surface area contributed by atoms with Gasteiger partial charge < -0.3 is 11.1 Å². The van der Waals surface area contributed by atoms with Crippen LogP contribution in [0.1, 0.15) is 15.2 Å². The van der Waals surface area contributed by atoms with Crippen molar-refractivity contribution >= 4 is 50.2 Å². The molecule has 0 fully saturated rings. The van der Waals surface area contributed by atoms with Gasteiger partial charge in [-0.25, -0.2) is 4.98 Å². The minimum absolute atomic E-state index is 0.000169. The summed E-state index contributed by atoms with van der Waals surface area (Å²) >= 11 is 2.14. The lowest BCUT2D eigenvalue weighted by Crippen LogP contribution is -2.12. The van der Waals surface area contributed by atoms with Gasteiger partial charge in [0.05, 0.1) is 21.8 Å². The predicted octanol–water partition coefficient (Wildman–Crippen LogP) is 5.88. The van der Waals surface area contributed by atoms with Gasteiger partial charge in [-0.3, -0.25) is 4.79 Å². The molecule has 142 valence electrons. The van der Waals surface area contributed by atoms with E-state index in [0.717, 1.165) is 17.4 Å². The van der Waals surface area contributed by atoms with Crippen LogP contribution >= 0.6 is 22.7 Å². The Bertz CT molecular complexity index is 1150. The third-order valence-electron chi connectivity index (χ3n) is 4.02. The highest BCUT2D eigenvalue weighted by atomic mass is 32.1. The summed E-state index contributed by atoms with van der Waals surface area (Å²) in [6.45, 7) is 0. The van der Waals surface area contributed by atoms with Crippen molar-refractivity contribution in [3.05, 3.63) is 64.4 Å². The number of rotatable bonds is 3. The number of hydrogen-bond donors (Lipinski definition) is 2. The number of para-hydroxylation sites is 1. The van der Waals surface area contributed by atoms with Crippen LogP contribution < -0.4 is 11.1 Å². The molecule has 0 saturated heterocycles. The number of nitrogen functional groups attached to an aromatic ring is 1. The summed E-state index contributed by atoms with van der Waals surface area (Å²) in [5, 5.41) is 4.16. The molecule has 28 heavy (non-hydrogen) atoms. The standard InChI is InChI=1S/C19H12F3N3OS2/c20-19(21,22)11-9-12(13-7-4-8-27-13)25-18-14(11)15(23)16(28-18)17(26)24-10-5-2-1-3-6-10/h1-9H,23H2,(H,24,26). The van der Waals surface area contributed by atoms with Crippen molar-refractivity contribution in [2.24, 2.45) is 0 Å². The van der Waals surface area contributed by atoms with Gasteiger partial charge in [0.2, 0.25) is 0 Å². The van der Waals surface area contributed by atoms with Gasteiger partial charge in [0.15, 0.2) is 0 Å². The molecule has 0 aliphatic heterocycles. The SMILES string of the molecule is Nc1c(C(=O)Nc2ccccc2)sc2nc(-c3cccs3)cc(C(F)(F)F)c12. The van der Waals surface area contributed by atoms with E-state index in [1.807, 2.05) is 0 Å². The second kappa shape index (κ2) is 6.92. The number of carbonyl (C=O) groups excluding carboxylic acids is 1. The fraction of sp³-hybridized carbons (Fsp3) is 0.0526. The predicted molar refractivity (Wildman–Crippen MR) is 107 cm³/mol. The molecule has 1 aromatic carbocycles. The van der Waals surface area contributed by atoms with Crippen LogP contribution in [0, 0.1) is 0 Å². The van der Waals surface area contributed by atoms with Gasteiger partial charge in [0, 0.05) is 11.1 Å². The number of fused-ring (bicyclic) bond motifs is 1. The number of alkyl halides is 3. The Labute approximate surface area is 165 Å². The summed E-state index contributed by atoms with van der Waals surface area (Å²) in [7, 11) is 0. The number of thiophene rings is 2. The first-order valence-corrected chi connectivity index (χ1v) is 9.74. The summed E-state index contributed by atoms with van der Waals surface area (Å²) < 4.78 is 41.1. The molecule has 4 aromatic rings. The van der Waals surface area contributed by atoms with Crippen LogP contribution in [0.4, 0.5) is 24.5 Å². The molecule has 3 N–H and O–H groups in total. The van der Waals surface area contributed by atoms with Crippen molar-refractivity contribution in [1.29, 1.82) is 0 Å². The van der Waals surface area contributed by atoms with Gasteiger partial charge >= 0.3 is 6.18 Å². The monoisotopic (exact) mass is 419 g/mol. The van der Waals surface area contributed by atoms with Crippen LogP contribution in [0.2, 0.25) is 0 Å².